The van der Waals surface area contributed by atoms with E-state index >= 15 is 0 Å². The third kappa shape index (κ3) is 4.68. The Balaban J connectivity index is 1.82. The van der Waals surface area contributed by atoms with Crippen LogP contribution in [-0.2, 0) is 4.74 Å². The first-order valence-corrected chi connectivity index (χ1v) is 9.75. The number of benzene rings is 2. The molecule has 0 radical (unpaired) electrons. The van der Waals surface area contributed by atoms with Gasteiger partial charge < -0.3 is 10.1 Å². The number of non-ortho nitro benzene ring substituents is 1. The van der Waals surface area contributed by atoms with E-state index < -0.39 is 10.9 Å². The van der Waals surface area contributed by atoms with Gasteiger partial charge in [0.15, 0.2) is 0 Å². The third-order valence-electron chi connectivity index (χ3n) is 4.02. The molecular formula is C21H16N4O4S. The fourth-order valence-corrected chi connectivity index (χ4v) is 3.37. The zero-order valence-electron chi connectivity index (χ0n) is 15.9. The molecule has 30 heavy (non-hydrogen) atoms. The molecular weight excluding hydrogens is 404 g/mol. The van der Waals surface area contributed by atoms with Crippen LogP contribution in [0.1, 0.15) is 22.3 Å². The number of nitro benzene ring substituents is 1. The zero-order valence-corrected chi connectivity index (χ0v) is 16.7. The van der Waals surface area contributed by atoms with Gasteiger partial charge in [0.2, 0.25) is 0 Å². The Kier molecular flexibility index (Phi) is 6.52. The summed E-state index contributed by atoms with van der Waals surface area (Å²) in [5, 5.41) is 25.6. The molecule has 3 aromatic rings. The van der Waals surface area contributed by atoms with Gasteiger partial charge in [-0.1, -0.05) is 12.1 Å². The van der Waals surface area contributed by atoms with E-state index in [9.17, 15) is 20.2 Å². The van der Waals surface area contributed by atoms with Crippen LogP contribution < -0.4 is 5.32 Å². The first-order valence-electron chi connectivity index (χ1n) is 8.87. The second kappa shape index (κ2) is 9.45. The van der Waals surface area contributed by atoms with Gasteiger partial charge in [0.1, 0.15) is 16.6 Å². The number of hydrogen-bond acceptors (Lipinski definition) is 8. The Morgan fingerprint density at radius 1 is 1.30 bits per heavy atom. The second-order valence-electron chi connectivity index (χ2n) is 5.92. The number of thiazole rings is 1. The number of allylic oxidation sites excluding steroid dienone is 1. The molecule has 0 aliphatic heterocycles. The molecule has 0 atom stereocenters. The minimum atomic E-state index is -0.466. The first kappa shape index (κ1) is 20.7. The lowest BCUT2D eigenvalue weighted by Crippen LogP contribution is -2.07. The SMILES string of the molecule is CCOC(=O)c1ccccc1N/C=C(/C#N)c1nc(-c2ccc([N+](=O)[O-])cc2)cs1. The number of carbonyl (C=O) groups excluding carboxylic acids is 1. The molecule has 1 heterocycles. The molecule has 150 valence electrons. The molecule has 8 nitrogen and oxygen atoms in total. The van der Waals surface area contributed by atoms with Crippen LogP contribution in [0.2, 0.25) is 0 Å². The summed E-state index contributed by atoms with van der Waals surface area (Å²) in [5.41, 5.74) is 2.47. The summed E-state index contributed by atoms with van der Waals surface area (Å²) in [7, 11) is 0. The zero-order chi connectivity index (χ0) is 21.5. The highest BCUT2D eigenvalue weighted by Crippen LogP contribution is 2.27. The van der Waals surface area contributed by atoms with Gasteiger partial charge in [0.05, 0.1) is 28.5 Å². The number of nitro groups is 1. The normalized spacial score (nSPS) is 10.9. The standard InChI is InChI=1S/C21H16N4O4S/c1-2-29-21(26)17-5-3-4-6-18(17)23-12-15(11-22)20-24-19(13-30-20)14-7-9-16(10-8-14)25(27)28/h3-10,12-13,23H,2H2,1H3/b15-12-. The highest BCUT2D eigenvalue weighted by molar-refractivity contribution is 7.11. The van der Waals surface area contributed by atoms with Crippen LogP contribution in [0.15, 0.2) is 60.1 Å². The highest BCUT2D eigenvalue weighted by Gasteiger charge is 2.13. The predicted octanol–water partition coefficient (Wildman–Crippen LogP) is 4.87. The minimum Gasteiger partial charge on any atom is -0.462 e. The quantitative estimate of drug-likeness (QED) is 0.251. The van der Waals surface area contributed by atoms with Crippen LogP contribution in [0.3, 0.4) is 0 Å². The predicted molar refractivity (Wildman–Crippen MR) is 114 cm³/mol. The molecule has 0 unspecified atom stereocenters. The fourth-order valence-electron chi connectivity index (χ4n) is 2.57. The smallest absolute Gasteiger partial charge is 0.340 e. The third-order valence-corrected chi connectivity index (χ3v) is 4.90. The summed E-state index contributed by atoms with van der Waals surface area (Å²) in [6.07, 6.45) is 1.48. The van der Waals surface area contributed by atoms with Crippen molar-refractivity contribution in [2.24, 2.45) is 0 Å². The van der Waals surface area contributed by atoms with E-state index in [4.69, 9.17) is 4.74 Å². The van der Waals surface area contributed by atoms with Gasteiger partial charge in [-0.05, 0) is 31.2 Å². The number of hydrogen-bond donors (Lipinski definition) is 1. The van der Waals surface area contributed by atoms with Crippen molar-refractivity contribution in [2.45, 2.75) is 6.92 Å². The van der Waals surface area contributed by atoms with Crippen LogP contribution >= 0.6 is 11.3 Å². The maximum atomic E-state index is 12.1. The molecule has 1 N–H and O–H groups in total. The number of anilines is 1. The van der Waals surface area contributed by atoms with Gasteiger partial charge in [0.25, 0.3) is 5.69 Å². The summed E-state index contributed by atoms with van der Waals surface area (Å²) in [6, 6.07) is 15.0. The van der Waals surface area contributed by atoms with Crippen LogP contribution in [0, 0.1) is 21.4 Å². The van der Waals surface area contributed by atoms with Gasteiger partial charge >= 0.3 is 5.97 Å². The number of ether oxygens (including phenoxy) is 1. The van der Waals surface area contributed by atoms with Gasteiger partial charge in [0, 0.05) is 29.3 Å². The lowest BCUT2D eigenvalue weighted by molar-refractivity contribution is -0.384. The van der Waals surface area contributed by atoms with Crippen LogP contribution in [0.4, 0.5) is 11.4 Å². The van der Waals surface area contributed by atoms with Crippen molar-refractivity contribution in [3.63, 3.8) is 0 Å². The Hall–Kier alpha value is -4.03. The monoisotopic (exact) mass is 420 g/mol. The lowest BCUT2D eigenvalue weighted by Gasteiger charge is -2.08. The van der Waals surface area contributed by atoms with Crippen molar-refractivity contribution in [1.82, 2.24) is 4.98 Å². The molecule has 0 bridgehead atoms. The molecule has 2 aromatic carbocycles. The largest absolute Gasteiger partial charge is 0.462 e. The molecule has 1 aromatic heterocycles. The van der Waals surface area contributed by atoms with E-state index in [-0.39, 0.29) is 17.9 Å². The maximum Gasteiger partial charge on any atom is 0.340 e. The van der Waals surface area contributed by atoms with Gasteiger partial charge in [-0.3, -0.25) is 10.1 Å². The van der Waals surface area contributed by atoms with Crippen LogP contribution in [0.5, 0.6) is 0 Å². The topological polar surface area (TPSA) is 118 Å². The average molecular weight is 420 g/mol. The number of nitrogens with one attached hydrogen (secondary N) is 1. The number of para-hydroxylation sites is 1. The Bertz CT molecular complexity index is 1150. The van der Waals surface area contributed by atoms with E-state index in [0.29, 0.717) is 27.5 Å². The number of nitriles is 1. The molecule has 0 amide bonds. The van der Waals surface area contributed by atoms with Crippen LogP contribution in [0.25, 0.3) is 16.8 Å². The molecule has 0 saturated carbocycles. The number of rotatable bonds is 7. The summed E-state index contributed by atoms with van der Waals surface area (Å²) >= 11 is 1.27. The summed E-state index contributed by atoms with van der Waals surface area (Å²) < 4.78 is 5.04. The van der Waals surface area contributed by atoms with Crippen LogP contribution in [-0.4, -0.2) is 22.5 Å². The Labute approximate surface area is 176 Å². The number of esters is 1. The summed E-state index contributed by atoms with van der Waals surface area (Å²) in [4.78, 5) is 26.8. The Morgan fingerprint density at radius 3 is 2.70 bits per heavy atom. The summed E-state index contributed by atoms with van der Waals surface area (Å²) in [6.45, 7) is 1.99. The fraction of sp³-hybridized carbons (Fsp3) is 0.0952. The molecule has 0 saturated heterocycles. The van der Waals surface area contributed by atoms with Crippen molar-refractivity contribution in [3.05, 3.63) is 80.8 Å². The average Bonchev–Trinajstić information content (AvgIpc) is 3.25. The molecule has 0 fully saturated rings. The van der Waals surface area contributed by atoms with E-state index in [1.807, 2.05) is 0 Å². The number of nitrogens with zero attached hydrogens (tertiary/aromatic N) is 3. The van der Waals surface area contributed by atoms with Crippen molar-refractivity contribution in [1.29, 1.82) is 5.26 Å². The van der Waals surface area contributed by atoms with E-state index in [0.717, 1.165) is 0 Å². The lowest BCUT2D eigenvalue weighted by atomic mass is 10.1. The molecule has 0 aliphatic carbocycles. The van der Waals surface area contributed by atoms with E-state index in [1.165, 1.54) is 29.7 Å². The van der Waals surface area contributed by atoms with Gasteiger partial charge in [-0.15, -0.1) is 11.3 Å². The van der Waals surface area contributed by atoms with Crippen molar-refractivity contribution >= 4 is 34.3 Å². The summed E-state index contributed by atoms with van der Waals surface area (Å²) in [5.74, 6) is -0.456. The van der Waals surface area contributed by atoms with Crippen molar-refractivity contribution in [2.75, 3.05) is 11.9 Å². The first-order chi connectivity index (χ1) is 14.5. The van der Waals surface area contributed by atoms with Crippen molar-refractivity contribution < 1.29 is 14.5 Å². The molecule has 3 rings (SSSR count). The minimum absolute atomic E-state index is 0.00345. The second-order valence-corrected chi connectivity index (χ2v) is 6.78. The maximum absolute atomic E-state index is 12.1. The van der Waals surface area contributed by atoms with E-state index in [1.54, 1.807) is 48.7 Å². The Morgan fingerprint density at radius 2 is 2.03 bits per heavy atom. The van der Waals surface area contributed by atoms with Gasteiger partial charge in [-0.2, -0.15) is 5.26 Å². The molecule has 0 aliphatic rings. The number of aromatic nitrogens is 1. The molecule has 0 spiro atoms. The molecule has 9 heteroatoms. The van der Waals surface area contributed by atoms with Gasteiger partial charge in [-0.25, -0.2) is 9.78 Å². The van der Waals surface area contributed by atoms with Crippen molar-refractivity contribution in [3.8, 4) is 17.3 Å². The number of carbonyl (C=O) groups is 1. The van der Waals surface area contributed by atoms with E-state index in [2.05, 4.69) is 16.4 Å². The highest BCUT2D eigenvalue weighted by atomic mass is 32.1.